The lowest BCUT2D eigenvalue weighted by atomic mass is 10.2. The highest BCUT2D eigenvalue weighted by Gasteiger charge is 2.19. The smallest absolute Gasteiger partial charge is 0.310 e. The molecule has 2 aromatic carbocycles. The van der Waals surface area contributed by atoms with Gasteiger partial charge in [0.2, 0.25) is 0 Å². The molecule has 1 atom stereocenters. The van der Waals surface area contributed by atoms with Crippen LogP contribution < -0.4 is 10.5 Å². The number of hydrogen-bond acceptors (Lipinski definition) is 6. The van der Waals surface area contributed by atoms with Crippen LogP contribution in [0.5, 0.6) is 5.75 Å². The first-order valence-corrected chi connectivity index (χ1v) is 8.85. The van der Waals surface area contributed by atoms with E-state index >= 15 is 0 Å². The zero-order valence-electron chi connectivity index (χ0n) is 15.5. The molecule has 0 fully saturated rings. The molecule has 2 heterocycles. The monoisotopic (exact) mass is 377 g/mol. The van der Waals surface area contributed by atoms with Gasteiger partial charge in [0, 0.05) is 11.5 Å². The molecule has 0 bridgehead atoms. The molecule has 0 spiro atoms. The van der Waals surface area contributed by atoms with E-state index in [1.165, 1.54) is 6.07 Å². The van der Waals surface area contributed by atoms with Crippen LogP contribution in [-0.4, -0.2) is 25.6 Å². The number of aromatic nitrogens is 3. The number of nitrogens with two attached hydrogens (primary N) is 1. The van der Waals surface area contributed by atoms with Crippen LogP contribution in [0.2, 0.25) is 0 Å². The van der Waals surface area contributed by atoms with E-state index in [0.29, 0.717) is 17.9 Å². The van der Waals surface area contributed by atoms with Crippen molar-refractivity contribution in [1.29, 1.82) is 0 Å². The van der Waals surface area contributed by atoms with Crippen molar-refractivity contribution < 1.29 is 9.66 Å². The van der Waals surface area contributed by atoms with Gasteiger partial charge in [0.05, 0.1) is 28.8 Å². The van der Waals surface area contributed by atoms with Crippen LogP contribution in [0.25, 0.3) is 21.9 Å². The van der Waals surface area contributed by atoms with Gasteiger partial charge in [0.15, 0.2) is 11.6 Å². The maximum absolute atomic E-state index is 11.3. The molecule has 28 heavy (non-hydrogen) atoms. The molecular formula is C20H19N5O3. The van der Waals surface area contributed by atoms with E-state index in [1.807, 2.05) is 42.7 Å². The van der Waals surface area contributed by atoms with E-state index < -0.39 is 4.92 Å². The molecule has 142 valence electrons. The van der Waals surface area contributed by atoms with E-state index in [-0.39, 0.29) is 17.5 Å². The minimum atomic E-state index is -0.437. The fourth-order valence-electron chi connectivity index (χ4n) is 3.34. The summed E-state index contributed by atoms with van der Waals surface area (Å²) < 4.78 is 7.86. The van der Waals surface area contributed by atoms with Crippen LogP contribution in [0, 0.1) is 17.0 Å². The zero-order chi connectivity index (χ0) is 19.8. The summed E-state index contributed by atoms with van der Waals surface area (Å²) in [5.41, 5.74) is 9.21. The highest BCUT2D eigenvalue weighted by molar-refractivity contribution is 6.06. The molecule has 8 heteroatoms. The zero-order valence-corrected chi connectivity index (χ0v) is 15.5. The SMILES string of the molecule is Cc1ccc([N+](=O)[O-])c(OC(C)Cn2cnc3c(N)nc4ccccc4c32)c1. The number of hydrogen-bond donors (Lipinski definition) is 1. The lowest BCUT2D eigenvalue weighted by molar-refractivity contribution is -0.386. The molecule has 2 aromatic heterocycles. The molecule has 2 N–H and O–H groups in total. The molecule has 4 aromatic rings. The molecule has 0 aliphatic carbocycles. The van der Waals surface area contributed by atoms with Gasteiger partial charge >= 0.3 is 5.69 Å². The number of rotatable bonds is 5. The number of benzene rings is 2. The van der Waals surface area contributed by atoms with Gasteiger partial charge in [-0.3, -0.25) is 10.1 Å². The summed E-state index contributed by atoms with van der Waals surface area (Å²) in [6.07, 6.45) is 1.37. The second kappa shape index (κ2) is 6.80. The summed E-state index contributed by atoms with van der Waals surface area (Å²) in [6, 6.07) is 12.6. The van der Waals surface area contributed by atoms with Crippen LogP contribution >= 0.6 is 0 Å². The quantitative estimate of drug-likeness (QED) is 0.418. The normalized spacial score (nSPS) is 12.4. The molecular weight excluding hydrogens is 358 g/mol. The number of nitrogens with zero attached hydrogens (tertiary/aromatic N) is 4. The molecule has 1 unspecified atom stereocenters. The van der Waals surface area contributed by atoms with Crippen LogP contribution in [0.1, 0.15) is 12.5 Å². The first-order chi connectivity index (χ1) is 13.4. The summed E-state index contributed by atoms with van der Waals surface area (Å²) >= 11 is 0. The third-order valence-electron chi connectivity index (χ3n) is 4.57. The second-order valence-corrected chi connectivity index (χ2v) is 6.77. The Hall–Kier alpha value is -3.68. The van der Waals surface area contributed by atoms with Gasteiger partial charge < -0.3 is 15.0 Å². The molecule has 8 nitrogen and oxygen atoms in total. The number of ether oxygens (including phenoxy) is 1. The van der Waals surface area contributed by atoms with Crippen molar-refractivity contribution in [3.8, 4) is 5.75 Å². The van der Waals surface area contributed by atoms with E-state index in [2.05, 4.69) is 9.97 Å². The molecule has 0 saturated carbocycles. The molecule has 0 radical (unpaired) electrons. The van der Waals surface area contributed by atoms with Crippen molar-refractivity contribution in [2.45, 2.75) is 26.5 Å². The molecule has 0 aliphatic heterocycles. The number of aryl methyl sites for hydroxylation is 1. The average Bonchev–Trinajstić information content (AvgIpc) is 3.06. The number of nitrogen functional groups attached to an aromatic ring is 1. The fourth-order valence-corrected chi connectivity index (χ4v) is 3.34. The number of nitro groups is 1. The van der Waals surface area contributed by atoms with Crippen LogP contribution in [0.4, 0.5) is 11.5 Å². The van der Waals surface area contributed by atoms with Crippen molar-refractivity contribution in [3.05, 3.63) is 64.5 Å². The first-order valence-electron chi connectivity index (χ1n) is 8.85. The Morgan fingerprint density at radius 1 is 1.29 bits per heavy atom. The van der Waals surface area contributed by atoms with Gasteiger partial charge in [-0.2, -0.15) is 0 Å². The Morgan fingerprint density at radius 3 is 2.86 bits per heavy atom. The van der Waals surface area contributed by atoms with Crippen molar-refractivity contribution in [2.75, 3.05) is 5.73 Å². The minimum Gasteiger partial charge on any atom is -0.482 e. The van der Waals surface area contributed by atoms with Gasteiger partial charge in [0.1, 0.15) is 11.6 Å². The van der Waals surface area contributed by atoms with Gasteiger partial charge in [-0.25, -0.2) is 9.97 Å². The maximum Gasteiger partial charge on any atom is 0.310 e. The predicted molar refractivity (Wildman–Crippen MR) is 107 cm³/mol. The lowest BCUT2D eigenvalue weighted by Crippen LogP contribution is -2.19. The Bertz CT molecular complexity index is 1200. The predicted octanol–water partition coefficient (Wildman–Crippen LogP) is 3.85. The molecule has 4 rings (SSSR count). The minimum absolute atomic E-state index is 0.0492. The topological polar surface area (TPSA) is 109 Å². The third-order valence-corrected chi connectivity index (χ3v) is 4.57. The Labute approximate surface area is 160 Å². The van der Waals surface area contributed by atoms with Crippen molar-refractivity contribution >= 4 is 33.4 Å². The second-order valence-electron chi connectivity index (χ2n) is 6.77. The van der Waals surface area contributed by atoms with Crippen molar-refractivity contribution in [3.63, 3.8) is 0 Å². The highest BCUT2D eigenvalue weighted by atomic mass is 16.6. The Morgan fingerprint density at radius 2 is 2.07 bits per heavy atom. The van der Waals surface area contributed by atoms with Crippen molar-refractivity contribution in [1.82, 2.24) is 14.5 Å². The number of imidazole rings is 1. The van der Waals surface area contributed by atoms with E-state index in [1.54, 1.807) is 18.5 Å². The third kappa shape index (κ3) is 3.09. The Balaban J connectivity index is 1.70. The number of nitro benzene ring substituents is 1. The summed E-state index contributed by atoms with van der Waals surface area (Å²) in [6.45, 7) is 4.19. The van der Waals surface area contributed by atoms with E-state index in [0.717, 1.165) is 22.0 Å². The van der Waals surface area contributed by atoms with Gasteiger partial charge in [-0.15, -0.1) is 0 Å². The summed E-state index contributed by atoms with van der Waals surface area (Å²) in [5.74, 6) is 0.628. The highest BCUT2D eigenvalue weighted by Crippen LogP contribution is 2.30. The van der Waals surface area contributed by atoms with Crippen LogP contribution in [0.15, 0.2) is 48.8 Å². The maximum atomic E-state index is 11.3. The molecule has 0 aliphatic rings. The summed E-state index contributed by atoms with van der Waals surface area (Å²) in [4.78, 5) is 19.6. The molecule has 0 amide bonds. The van der Waals surface area contributed by atoms with Gasteiger partial charge in [0.25, 0.3) is 0 Å². The summed E-state index contributed by atoms with van der Waals surface area (Å²) in [7, 11) is 0. The number of para-hydroxylation sites is 1. The lowest BCUT2D eigenvalue weighted by Gasteiger charge is -2.16. The first kappa shape index (κ1) is 17.7. The largest absolute Gasteiger partial charge is 0.482 e. The summed E-state index contributed by atoms with van der Waals surface area (Å²) in [5, 5.41) is 12.2. The van der Waals surface area contributed by atoms with Crippen LogP contribution in [0.3, 0.4) is 0 Å². The van der Waals surface area contributed by atoms with Crippen molar-refractivity contribution in [2.24, 2.45) is 0 Å². The number of anilines is 1. The molecule has 0 saturated heterocycles. The van der Waals surface area contributed by atoms with Gasteiger partial charge in [-0.1, -0.05) is 24.3 Å². The standard InChI is InChI=1S/C20H19N5O3/c1-12-7-8-16(25(26)27)17(9-12)28-13(2)10-24-11-22-18-19(24)14-5-3-4-6-15(14)23-20(18)21/h3-9,11,13H,10H2,1-2H3,(H2,21,23). The van der Waals surface area contributed by atoms with Crippen LogP contribution in [-0.2, 0) is 6.54 Å². The Kier molecular flexibility index (Phi) is 4.31. The van der Waals surface area contributed by atoms with Gasteiger partial charge in [-0.05, 0) is 31.5 Å². The fraction of sp³-hybridized carbons (Fsp3) is 0.200. The average molecular weight is 377 g/mol. The van der Waals surface area contributed by atoms with E-state index in [4.69, 9.17) is 10.5 Å². The van der Waals surface area contributed by atoms with E-state index in [9.17, 15) is 10.1 Å². The number of pyridine rings is 1. The number of fused-ring (bicyclic) bond motifs is 3.